The van der Waals surface area contributed by atoms with Crippen molar-refractivity contribution in [3.8, 4) is 5.75 Å². The van der Waals surface area contributed by atoms with Gasteiger partial charge in [-0.15, -0.1) is 11.8 Å². The van der Waals surface area contributed by atoms with Crippen LogP contribution in [-0.2, 0) is 4.74 Å². The van der Waals surface area contributed by atoms with Gasteiger partial charge in [-0.1, -0.05) is 18.2 Å². The zero-order valence-electron chi connectivity index (χ0n) is 16.0. The normalized spacial score (nSPS) is 16.3. The summed E-state index contributed by atoms with van der Waals surface area (Å²) < 4.78 is 11.4. The van der Waals surface area contributed by atoms with Gasteiger partial charge >= 0.3 is 0 Å². The van der Waals surface area contributed by atoms with Crippen LogP contribution in [0.3, 0.4) is 0 Å². The summed E-state index contributed by atoms with van der Waals surface area (Å²) in [6, 6.07) is 13.9. The third-order valence-electron chi connectivity index (χ3n) is 4.43. The van der Waals surface area contributed by atoms with Crippen molar-refractivity contribution in [2.45, 2.75) is 37.7 Å². The molecule has 5 heteroatoms. The standard InChI is InChI=1S/C22H27NO3S/c1-16-12-17(2)14-19(13-16)26-11-9-23-22(24)20-7-3-4-8-21(20)27-15-18-6-5-10-25-18/h3-4,7-8,12-14,18H,5-6,9-11,15H2,1-2H3,(H,23,24). The Labute approximate surface area is 165 Å². The molecule has 0 aliphatic carbocycles. The Hall–Kier alpha value is -1.98. The smallest absolute Gasteiger partial charge is 0.252 e. The van der Waals surface area contributed by atoms with Gasteiger partial charge in [-0.25, -0.2) is 0 Å². The number of carbonyl (C=O) groups is 1. The Morgan fingerprint density at radius 1 is 1.22 bits per heavy atom. The number of aryl methyl sites for hydroxylation is 2. The van der Waals surface area contributed by atoms with Crippen LogP contribution in [0.25, 0.3) is 0 Å². The van der Waals surface area contributed by atoms with E-state index in [1.54, 1.807) is 11.8 Å². The number of hydrogen-bond donors (Lipinski definition) is 1. The van der Waals surface area contributed by atoms with E-state index in [0.717, 1.165) is 35.8 Å². The molecule has 1 aliphatic rings. The van der Waals surface area contributed by atoms with Crippen molar-refractivity contribution in [3.63, 3.8) is 0 Å². The zero-order chi connectivity index (χ0) is 19.1. The largest absolute Gasteiger partial charge is 0.492 e. The Morgan fingerprint density at radius 2 is 2.00 bits per heavy atom. The summed E-state index contributed by atoms with van der Waals surface area (Å²) in [6.07, 6.45) is 2.54. The molecule has 1 N–H and O–H groups in total. The lowest BCUT2D eigenvalue weighted by atomic mass is 10.1. The minimum Gasteiger partial charge on any atom is -0.492 e. The number of thioether (sulfide) groups is 1. The summed E-state index contributed by atoms with van der Waals surface area (Å²) in [6.45, 7) is 5.87. The van der Waals surface area contributed by atoms with Crippen molar-refractivity contribution in [3.05, 3.63) is 59.2 Å². The van der Waals surface area contributed by atoms with Gasteiger partial charge in [0.25, 0.3) is 5.91 Å². The number of nitrogens with one attached hydrogen (secondary N) is 1. The lowest BCUT2D eigenvalue weighted by Gasteiger charge is -2.13. The highest BCUT2D eigenvalue weighted by Crippen LogP contribution is 2.26. The number of hydrogen-bond acceptors (Lipinski definition) is 4. The molecule has 1 aliphatic heterocycles. The first-order valence-corrected chi connectivity index (χ1v) is 10.4. The monoisotopic (exact) mass is 385 g/mol. The molecule has 1 atom stereocenters. The van der Waals surface area contributed by atoms with Gasteiger partial charge in [-0.05, 0) is 62.1 Å². The molecule has 1 saturated heterocycles. The molecule has 0 bridgehead atoms. The highest BCUT2D eigenvalue weighted by Gasteiger charge is 2.17. The van der Waals surface area contributed by atoms with E-state index in [9.17, 15) is 4.79 Å². The molecule has 4 nitrogen and oxygen atoms in total. The minimum absolute atomic E-state index is 0.0607. The maximum Gasteiger partial charge on any atom is 0.252 e. The summed E-state index contributed by atoms with van der Waals surface area (Å²) in [5, 5.41) is 2.96. The first-order chi connectivity index (χ1) is 13.1. The van der Waals surface area contributed by atoms with E-state index >= 15 is 0 Å². The minimum atomic E-state index is -0.0607. The SMILES string of the molecule is Cc1cc(C)cc(OCCNC(=O)c2ccccc2SCC2CCCO2)c1. The molecule has 1 fully saturated rings. The average molecular weight is 386 g/mol. The fraction of sp³-hybridized carbons (Fsp3) is 0.409. The van der Waals surface area contributed by atoms with Gasteiger partial charge < -0.3 is 14.8 Å². The van der Waals surface area contributed by atoms with Crippen LogP contribution in [-0.4, -0.2) is 37.5 Å². The Bertz CT molecular complexity index is 752. The fourth-order valence-corrected chi connectivity index (χ4v) is 4.30. The van der Waals surface area contributed by atoms with Crippen LogP contribution in [0.2, 0.25) is 0 Å². The van der Waals surface area contributed by atoms with Gasteiger partial charge in [-0.3, -0.25) is 4.79 Å². The zero-order valence-corrected chi connectivity index (χ0v) is 16.8. The Balaban J connectivity index is 1.48. The van der Waals surface area contributed by atoms with Gasteiger partial charge in [0.05, 0.1) is 18.2 Å². The third-order valence-corrected chi connectivity index (χ3v) is 5.64. The summed E-state index contributed by atoms with van der Waals surface area (Å²) >= 11 is 1.69. The predicted octanol–water partition coefficient (Wildman–Crippen LogP) is 4.38. The fourth-order valence-electron chi connectivity index (χ4n) is 3.18. The van der Waals surface area contributed by atoms with Crippen molar-refractivity contribution < 1.29 is 14.3 Å². The summed E-state index contributed by atoms with van der Waals surface area (Å²) in [5.74, 6) is 1.67. The molecule has 0 spiro atoms. The molecule has 2 aromatic rings. The molecule has 2 aromatic carbocycles. The summed E-state index contributed by atoms with van der Waals surface area (Å²) in [4.78, 5) is 13.6. The average Bonchev–Trinajstić information content (AvgIpc) is 3.16. The van der Waals surface area contributed by atoms with Gasteiger partial charge in [0.15, 0.2) is 0 Å². The second kappa shape index (κ2) is 9.81. The van der Waals surface area contributed by atoms with E-state index in [1.807, 2.05) is 50.2 Å². The molecular weight excluding hydrogens is 358 g/mol. The van der Waals surface area contributed by atoms with Crippen LogP contribution in [0.4, 0.5) is 0 Å². The van der Waals surface area contributed by atoms with Gasteiger partial charge in [0.1, 0.15) is 12.4 Å². The number of ether oxygens (including phenoxy) is 2. The van der Waals surface area contributed by atoms with Crippen LogP contribution < -0.4 is 10.1 Å². The lowest BCUT2D eigenvalue weighted by Crippen LogP contribution is -2.28. The van der Waals surface area contributed by atoms with E-state index in [4.69, 9.17) is 9.47 Å². The van der Waals surface area contributed by atoms with Gasteiger partial charge in [0.2, 0.25) is 0 Å². The highest BCUT2D eigenvalue weighted by atomic mass is 32.2. The summed E-state index contributed by atoms with van der Waals surface area (Å²) in [5.41, 5.74) is 3.06. The van der Waals surface area contributed by atoms with Crippen LogP contribution >= 0.6 is 11.8 Å². The molecule has 1 amide bonds. The van der Waals surface area contributed by atoms with Crippen molar-refractivity contribution in [2.24, 2.45) is 0 Å². The maximum atomic E-state index is 12.6. The van der Waals surface area contributed by atoms with Crippen LogP contribution in [0.1, 0.15) is 34.3 Å². The molecule has 0 radical (unpaired) electrons. The summed E-state index contributed by atoms with van der Waals surface area (Å²) in [7, 11) is 0. The second-order valence-electron chi connectivity index (χ2n) is 6.87. The van der Waals surface area contributed by atoms with Crippen molar-refractivity contribution in [2.75, 3.05) is 25.5 Å². The second-order valence-corrected chi connectivity index (χ2v) is 7.93. The van der Waals surface area contributed by atoms with E-state index in [0.29, 0.717) is 24.8 Å². The van der Waals surface area contributed by atoms with Gasteiger partial charge in [0, 0.05) is 17.3 Å². The van der Waals surface area contributed by atoms with Crippen molar-refractivity contribution in [1.29, 1.82) is 0 Å². The number of rotatable bonds is 8. The first-order valence-electron chi connectivity index (χ1n) is 9.44. The number of benzene rings is 2. The maximum absolute atomic E-state index is 12.6. The number of carbonyl (C=O) groups excluding carboxylic acids is 1. The van der Waals surface area contributed by atoms with Crippen molar-refractivity contribution >= 4 is 17.7 Å². The third kappa shape index (κ3) is 6.01. The van der Waals surface area contributed by atoms with Crippen molar-refractivity contribution in [1.82, 2.24) is 5.32 Å². The lowest BCUT2D eigenvalue weighted by molar-refractivity contribution is 0.0944. The van der Waals surface area contributed by atoms with Gasteiger partial charge in [-0.2, -0.15) is 0 Å². The molecular formula is C22H27NO3S. The molecule has 144 valence electrons. The molecule has 27 heavy (non-hydrogen) atoms. The van der Waals surface area contributed by atoms with E-state index in [1.165, 1.54) is 11.1 Å². The Kier molecular flexibility index (Phi) is 7.18. The van der Waals surface area contributed by atoms with Crippen LogP contribution in [0, 0.1) is 13.8 Å². The quantitative estimate of drug-likeness (QED) is 0.541. The van der Waals surface area contributed by atoms with E-state index < -0.39 is 0 Å². The van der Waals surface area contributed by atoms with Crippen LogP contribution in [0.15, 0.2) is 47.4 Å². The van der Waals surface area contributed by atoms with Crippen LogP contribution in [0.5, 0.6) is 5.75 Å². The molecule has 0 saturated carbocycles. The predicted molar refractivity (Wildman–Crippen MR) is 110 cm³/mol. The molecule has 1 heterocycles. The highest BCUT2D eigenvalue weighted by molar-refractivity contribution is 7.99. The topological polar surface area (TPSA) is 47.6 Å². The first kappa shape index (κ1) is 19.8. The van der Waals surface area contributed by atoms with E-state index in [2.05, 4.69) is 11.4 Å². The molecule has 0 aromatic heterocycles. The van der Waals surface area contributed by atoms with E-state index in [-0.39, 0.29) is 5.91 Å². The molecule has 3 rings (SSSR count). The molecule has 1 unspecified atom stereocenters. The number of amides is 1. The Morgan fingerprint density at radius 3 is 2.74 bits per heavy atom.